The maximum Gasteiger partial charge on any atom is 0.328 e. The van der Waals surface area contributed by atoms with E-state index in [2.05, 4.69) is 4.98 Å². The third-order valence-electron chi connectivity index (χ3n) is 5.16. The Bertz CT molecular complexity index is 1370. The van der Waals surface area contributed by atoms with Crippen LogP contribution in [0.15, 0.2) is 75.3 Å². The highest BCUT2D eigenvalue weighted by Gasteiger charge is 2.33. The van der Waals surface area contributed by atoms with Crippen molar-refractivity contribution < 1.29 is 23.2 Å². The number of nitrogens with one attached hydrogen (secondary N) is 2. The van der Waals surface area contributed by atoms with Crippen molar-refractivity contribution in [3.63, 3.8) is 0 Å². The van der Waals surface area contributed by atoms with Crippen LogP contribution in [0.5, 0.6) is 11.5 Å². The summed E-state index contributed by atoms with van der Waals surface area (Å²) in [5.74, 6) is 0.0391. The van der Waals surface area contributed by atoms with Crippen molar-refractivity contribution >= 4 is 15.9 Å². The van der Waals surface area contributed by atoms with Crippen LogP contribution in [0.4, 0.5) is 0 Å². The van der Waals surface area contributed by atoms with Gasteiger partial charge in [-0.3, -0.25) is 19.8 Å². The number of H-pyrrole nitrogens is 1. The minimum Gasteiger partial charge on any atom is -0.457 e. The predicted molar refractivity (Wildman–Crippen MR) is 122 cm³/mol. The SMILES string of the molecule is Cc1cn(CCC(C(=O)NO)N(C)S(=O)(=O)c2ccc(Oc3ccccc3)cc2)c(=O)[nH]c1=O. The number of carbonyl (C=O) groups is 1. The minimum absolute atomic E-state index is 0.0851. The molecule has 34 heavy (non-hydrogen) atoms. The molecular weight excluding hydrogens is 464 g/mol. The van der Waals surface area contributed by atoms with Gasteiger partial charge in [0.25, 0.3) is 11.5 Å². The number of hydroxylamine groups is 1. The molecule has 3 aromatic rings. The molecule has 11 nitrogen and oxygen atoms in total. The van der Waals surface area contributed by atoms with E-state index in [0.29, 0.717) is 11.5 Å². The number of hydrogen-bond acceptors (Lipinski definition) is 7. The van der Waals surface area contributed by atoms with E-state index in [1.165, 1.54) is 49.9 Å². The van der Waals surface area contributed by atoms with Crippen LogP contribution in [0, 0.1) is 6.92 Å². The molecule has 3 N–H and O–H groups in total. The van der Waals surface area contributed by atoms with Crippen LogP contribution in [0.2, 0.25) is 0 Å². The first kappa shape index (κ1) is 24.9. The first-order chi connectivity index (χ1) is 16.1. The standard InChI is InChI=1S/C22H24N4O7S/c1-15-14-26(22(29)23-20(15)27)13-12-19(21(28)24-30)25(2)34(31,32)18-10-8-17(9-11-18)33-16-6-4-3-5-7-16/h3-11,14,19,30H,12-13H2,1-2H3,(H,24,28)(H,23,27,29). The number of aromatic amines is 1. The molecule has 1 aromatic heterocycles. The quantitative estimate of drug-likeness (QED) is 0.303. The van der Waals surface area contributed by atoms with E-state index in [4.69, 9.17) is 9.94 Å². The predicted octanol–water partition coefficient (Wildman–Crippen LogP) is 1.22. The van der Waals surface area contributed by atoms with Gasteiger partial charge in [-0.05, 0) is 49.7 Å². The van der Waals surface area contributed by atoms with Crippen LogP contribution < -0.4 is 21.5 Å². The zero-order valence-electron chi connectivity index (χ0n) is 18.5. The van der Waals surface area contributed by atoms with Crippen molar-refractivity contribution in [2.75, 3.05) is 7.05 Å². The van der Waals surface area contributed by atoms with Gasteiger partial charge in [-0.1, -0.05) is 18.2 Å². The molecule has 0 aliphatic rings. The second-order valence-electron chi connectivity index (χ2n) is 7.45. The number of carbonyl (C=O) groups excluding carboxylic acids is 1. The van der Waals surface area contributed by atoms with E-state index < -0.39 is 33.2 Å². The van der Waals surface area contributed by atoms with E-state index in [0.717, 1.165) is 8.87 Å². The first-order valence-electron chi connectivity index (χ1n) is 10.2. The summed E-state index contributed by atoms with van der Waals surface area (Å²) in [6.45, 7) is 1.42. The Kier molecular flexibility index (Phi) is 7.66. The molecule has 0 aliphatic heterocycles. The molecule has 2 aromatic carbocycles. The summed E-state index contributed by atoms with van der Waals surface area (Å²) in [5.41, 5.74) is 0.513. The Hall–Kier alpha value is -3.74. The second kappa shape index (κ2) is 10.5. The molecule has 12 heteroatoms. The number of benzene rings is 2. The van der Waals surface area contributed by atoms with Gasteiger partial charge in [0.15, 0.2) is 0 Å². The molecule has 3 rings (SSSR count). The van der Waals surface area contributed by atoms with Crippen LogP contribution >= 0.6 is 0 Å². The smallest absolute Gasteiger partial charge is 0.328 e. The molecule has 0 radical (unpaired) electrons. The summed E-state index contributed by atoms with van der Waals surface area (Å²) in [5, 5.41) is 9.15. The molecule has 0 spiro atoms. The van der Waals surface area contributed by atoms with Crippen molar-refractivity contribution in [2.45, 2.75) is 30.8 Å². The molecule has 1 unspecified atom stereocenters. The number of aryl methyl sites for hydroxylation is 2. The third kappa shape index (κ3) is 5.60. The van der Waals surface area contributed by atoms with Gasteiger partial charge >= 0.3 is 5.69 Å². The Morgan fingerprint density at radius 2 is 1.74 bits per heavy atom. The van der Waals surface area contributed by atoms with Crippen LogP contribution in [0.1, 0.15) is 12.0 Å². The number of amides is 1. The highest BCUT2D eigenvalue weighted by molar-refractivity contribution is 7.89. The summed E-state index contributed by atoms with van der Waals surface area (Å²) in [7, 11) is -2.95. The fourth-order valence-corrected chi connectivity index (χ4v) is 4.59. The molecule has 0 fully saturated rings. The topological polar surface area (TPSA) is 151 Å². The van der Waals surface area contributed by atoms with Crippen molar-refractivity contribution in [1.29, 1.82) is 0 Å². The Balaban J connectivity index is 1.80. The number of aromatic nitrogens is 2. The lowest BCUT2D eigenvalue weighted by molar-refractivity contribution is -0.133. The van der Waals surface area contributed by atoms with Crippen LogP contribution in [-0.4, -0.2) is 46.5 Å². The molecule has 1 atom stereocenters. The number of hydrogen-bond donors (Lipinski definition) is 3. The van der Waals surface area contributed by atoms with Gasteiger partial charge in [0.2, 0.25) is 10.0 Å². The van der Waals surface area contributed by atoms with Gasteiger partial charge < -0.3 is 9.30 Å². The van der Waals surface area contributed by atoms with Crippen molar-refractivity contribution in [2.24, 2.45) is 0 Å². The zero-order valence-corrected chi connectivity index (χ0v) is 19.3. The first-order valence-corrected chi connectivity index (χ1v) is 11.6. The Morgan fingerprint density at radius 3 is 2.35 bits per heavy atom. The fourth-order valence-electron chi connectivity index (χ4n) is 3.24. The summed E-state index contributed by atoms with van der Waals surface area (Å²) in [4.78, 5) is 37.9. The van der Waals surface area contributed by atoms with E-state index in [1.54, 1.807) is 24.3 Å². The molecule has 0 saturated carbocycles. The lowest BCUT2D eigenvalue weighted by Crippen LogP contribution is -2.47. The lowest BCUT2D eigenvalue weighted by Gasteiger charge is -2.26. The van der Waals surface area contributed by atoms with Gasteiger partial charge in [-0.2, -0.15) is 4.31 Å². The van der Waals surface area contributed by atoms with Crippen LogP contribution in [-0.2, 0) is 21.4 Å². The number of sulfonamides is 1. The van der Waals surface area contributed by atoms with E-state index in [-0.39, 0.29) is 23.4 Å². The molecule has 180 valence electrons. The van der Waals surface area contributed by atoms with Crippen LogP contribution in [0.3, 0.4) is 0 Å². The maximum atomic E-state index is 13.1. The molecule has 0 saturated heterocycles. The second-order valence-corrected chi connectivity index (χ2v) is 9.45. The highest BCUT2D eigenvalue weighted by Crippen LogP contribution is 2.25. The van der Waals surface area contributed by atoms with E-state index >= 15 is 0 Å². The molecule has 0 bridgehead atoms. The molecule has 1 heterocycles. The van der Waals surface area contributed by atoms with Crippen molar-refractivity contribution in [1.82, 2.24) is 19.3 Å². The van der Waals surface area contributed by atoms with Crippen molar-refractivity contribution in [3.8, 4) is 11.5 Å². The maximum absolute atomic E-state index is 13.1. The summed E-state index contributed by atoms with van der Waals surface area (Å²) < 4.78 is 33.9. The highest BCUT2D eigenvalue weighted by atomic mass is 32.2. The summed E-state index contributed by atoms with van der Waals surface area (Å²) in [6.07, 6.45) is 1.16. The zero-order chi connectivity index (χ0) is 24.9. The van der Waals surface area contributed by atoms with Gasteiger partial charge in [0.1, 0.15) is 17.5 Å². The van der Waals surface area contributed by atoms with Gasteiger partial charge in [-0.15, -0.1) is 0 Å². The fraction of sp³-hybridized carbons (Fsp3) is 0.227. The number of ether oxygens (including phenoxy) is 1. The Labute approximate surface area is 195 Å². The van der Waals surface area contributed by atoms with Crippen molar-refractivity contribution in [3.05, 3.63) is 87.2 Å². The average molecular weight is 489 g/mol. The van der Waals surface area contributed by atoms with E-state index in [1.807, 2.05) is 6.07 Å². The number of para-hydroxylation sites is 1. The molecule has 1 amide bonds. The lowest BCUT2D eigenvalue weighted by atomic mass is 10.2. The third-order valence-corrected chi connectivity index (χ3v) is 7.04. The number of rotatable bonds is 9. The summed E-state index contributed by atoms with van der Waals surface area (Å²) in [6, 6.07) is 13.3. The molecular formula is C22H24N4O7S. The minimum atomic E-state index is -4.15. The number of likely N-dealkylation sites (N-methyl/N-ethyl adjacent to an activating group) is 1. The molecule has 0 aliphatic carbocycles. The monoisotopic (exact) mass is 488 g/mol. The normalized spacial score (nSPS) is 12.4. The largest absolute Gasteiger partial charge is 0.457 e. The van der Waals surface area contributed by atoms with E-state index in [9.17, 15) is 22.8 Å². The summed E-state index contributed by atoms with van der Waals surface area (Å²) >= 11 is 0. The number of nitrogens with zero attached hydrogens (tertiary/aromatic N) is 2. The van der Waals surface area contributed by atoms with Crippen LogP contribution in [0.25, 0.3) is 0 Å². The van der Waals surface area contributed by atoms with Gasteiger partial charge in [-0.25, -0.2) is 18.7 Å². The average Bonchev–Trinajstić information content (AvgIpc) is 2.83. The Morgan fingerprint density at radius 1 is 1.12 bits per heavy atom. The van der Waals surface area contributed by atoms with Gasteiger partial charge in [0, 0.05) is 25.4 Å². The van der Waals surface area contributed by atoms with Gasteiger partial charge in [0.05, 0.1) is 4.90 Å².